The van der Waals surface area contributed by atoms with Crippen LogP contribution in [0.1, 0.15) is 34.3 Å². The molecule has 0 aliphatic carbocycles. The average molecular weight is 353 g/mol. The van der Waals surface area contributed by atoms with Crippen molar-refractivity contribution in [2.75, 3.05) is 24.5 Å². The molecule has 1 aliphatic rings. The number of nitro benzene ring substituents is 1. The van der Waals surface area contributed by atoms with Crippen LogP contribution in [-0.4, -0.2) is 30.5 Å². The lowest BCUT2D eigenvalue weighted by Gasteiger charge is -2.31. The molecule has 0 saturated carbocycles. The second-order valence-electron chi connectivity index (χ2n) is 6.59. The third kappa shape index (κ3) is 4.02. The predicted molar refractivity (Wildman–Crippen MR) is 102 cm³/mol. The fourth-order valence-corrected chi connectivity index (χ4v) is 3.42. The van der Waals surface area contributed by atoms with E-state index < -0.39 is 4.92 Å². The van der Waals surface area contributed by atoms with Gasteiger partial charge in [-0.05, 0) is 49.9 Å². The smallest absolute Gasteiger partial charge is 0.272 e. The summed E-state index contributed by atoms with van der Waals surface area (Å²) in [5, 5.41) is 13.8. The van der Waals surface area contributed by atoms with Crippen LogP contribution in [0.25, 0.3) is 0 Å². The minimum atomic E-state index is -0.437. The number of para-hydroxylation sites is 1. The van der Waals surface area contributed by atoms with E-state index >= 15 is 0 Å². The molecule has 1 N–H and O–H groups in total. The summed E-state index contributed by atoms with van der Waals surface area (Å²) in [6.07, 6.45) is 3.14. The Morgan fingerprint density at radius 3 is 2.85 bits per heavy atom. The van der Waals surface area contributed by atoms with Gasteiger partial charge in [0.2, 0.25) is 0 Å². The van der Waals surface area contributed by atoms with Gasteiger partial charge in [0.15, 0.2) is 0 Å². The standard InChI is InChI=1S/C20H23N3O3/c1-15-14-17(9-10-18(15)23(25)26)20(24)21-11-5-13-22-12-4-7-16-6-2-3-8-19(16)22/h2-3,6,8-10,14H,4-5,7,11-13H2,1H3,(H,21,24). The van der Waals surface area contributed by atoms with Crippen LogP contribution in [0.4, 0.5) is 11.4 Å². The Morgan fingerprint density at radius 1 is 1.27 bits per heavy atom. The Morgan fingerprint density at radius 2 is 2.08 bits per heavy atom. The fourth-order valence-electron chi connectivity index (χ4n) is 3.42. The number of amides is 1. The number of nitro groups is 1. The number of hydrogen-bond donors (Lipinski definition) is 1. The van der Waals surface area contributed by atoms with Gasteiger partial charge in [-0.2, -0.15) is 0 Å². The highest BCUT2D eigenvalue weighted by Gasteiger charge is 2.16. The molecule has 0 saturated heterocycles. The molecule has 3 rings (SSSR count). The molecule has 0 unspecified atom stereocenters. The second kappa shape index (κ2) is 7.99. The maximum atomic E-state index is 12.2. The molecule has 2 aromatic rings. The Bertz CT molecular complexity index is 820. The molecule has 2 aromatic carbocycles. The molecule has 136 valence electrons. The lowest BCUT2D eigenvalue weighted by Crippen LogP contribution is -2.33. The number of nitrogens with zero attached hydrogens (tertiary/aromatic N) is 2. The first kappa shape index (κ1) is 17.9. The number of hydrogen-bond acceptors (Lipinski definition) is 4. The summed E-state index contributed by atoms with van der Waals surface area (Å²) in [5.41, 5.74) is 3.68. The van der Waals surface area contributed by atoms with E-state index in [1.54, 1.807) is 13.0 Å². The molecule has 0 aromatic heterocycles. The molecule has 26 heavy (non-hydrogen) atoms. The van der Waals surface area contributed by atoms with Crippen LogP contribution in [0.5, 0.6) is 0 Å². The minimum absolute atomic E-state index is 0.0327. The molecule has 0 spiro atoms. The van der Waals surface area contributed by atoms with Crippen molar-refractivity contribution < 1.29 is 9.72 Å². The number of anilines is 1. The Balaban J connectivity index is 1.51. The molecule has 0 atom stereocenters. The molecular formula is C20H23N3O3. The number of carbonyl (C=O) groups excluding carboxylic acids is 1. The SMILES string of the molecule is Cc1cc(C(=O)NCCCN2CCCc3ccccc32)ccc1[N+](=O)[O-]. The first-order valence-corrected chi connectivity index (χ1v) is 8.92. The number of rotatable bonds is 6. The first-order chi connectivity index (χ1) is 12.6. The molecular weight excluding hydrogens is 330 g/mol. The van der Waals surface area contributed by atoms with E-state index in [-0.39, 0.29) is 11.6 Å². The molecule has 1 aliphatic heterocycles. The summed E-state index contributed by atoms with van der Waals surface area (Å²) in [7, 11) is 0. The molecule has 1 amide bonds. The third-order valence-electron chi connectivity index (χ3n) is 4.75. The van der Waals surface area contributed by atoms with Gasteiger partial charge in [-0.25, -0.2) is 0 Å². The highest BCUT2D eigenvalue weighted by atomic mass is 16.6. The van der Waals surface area contributed by atoms with E-state index in [2.05, 4.69) is 34.5 Å². The van der Waals surface area contributed by atoms with Crippen molar-refractivity contribution in [1.82, 2.24) is 5.32 Å². The average Bonchev–Trinajstić information content (AvgIpc) is 2.64. The van der Waals surface area contributed by atoms with Gasteiger partial charge in [0.25, 0.3) is 11.6 Å². The van der Waals surface area contributed by atoms with Gasteiger partial charge in [-0.15, -0.1) is 0 Å². The number of aryl methyl sites for hydroxylation is 2. The van der Waals surface area contributed by atoms with Gasteiger partial charge in [0, 0.05) is 42.5 Å². The Hall–Kier alpha value is -2.89. The van der Waals surface area contributed by atoms with E-state index in [4.69, 9.17) is 0 Å². The number of fused-ring (bicyclic) bond motifs is 1. The summed E-state index contributed by atoms with van der Waals surface area (Å²) in [6, 6.07) is 12.9. The van der Waals surface area contributed by atoms with Crippen molar-refractivity contribution in [3.05, 3.63) is 69.3 Å². The molecule has 6 nitrogen and oxygen atoms in total. The van der Waals surface area contributed by atoms with Crippen LogP contribution in [0.15, 0.2) is 42.5 Å². The molecule has 0 bridgehead atoms. The van der Waals surface area contributed by atoms with Gasteiger partial charge >= 0.3 is 0 Å². The maximum absolute atomic E-state index is 12.2. The number of nitrogens with one attached hydrogen (secondary N) is 1. The van der Waals surface area contributed by atoms with Crippen molar-refractivity contribution in [3.63, 3.8) is 0 Å². The van der Waals surface area contributed by atoms with Crippen molar-refractivity contribution in [1.29, 1.82) is 0 Å². The van der Waals surface area contributed by atoms with E-state index in [0.29, 0.717) is 17.7 Å². The predicted octanol–water partition coefficient (Wildman–Crippen LogP) is 3.48. The molecule has 6 heteroatoms. The Kier molecular flexibility index (Phi) is 5.51. The largest absolute Gasteiger partial charge is 0.371 e. The monoisotopic (exact) mass is 353 g/mol. The van der Waals surface area contributed by atoms with E-state index in [1.807, 2.05) is 0 Å². The lowest BCUT2D eigenvalue weighted by molar-refractivity contribution is -0.385. The number of carbonyl (C=O) groups is 1. The van der Waals surface area contributed by atoms with Gasteiger partial charge < -0.3 is 10.2 Å². The van der Waals surface area contributed by atoms with Gasteiger partial charge in [0.05, 0.1) is 4.92 Å². The maximum Gasteiger partial charge on any atom is 0.272 e. The van der Waals surface area contributed by atoms with E-state index in [9.17, 15) is 14.9 Å². The lowest BCUT2D eigenvalue weighted by atomic mass is 10.0. The van der Waals surface area contributed by atoms with Gasteiger partial charge in [-0.1, -0.05) is 18.2 Å². The minimum Gasteiger partial charge on any atom is -0.371 e. The normalized spacial score (nSPS) is 13.2. The topological polar surface area (TPSA) is 75.5 Å². The highest BCUT2D eigenvalue weighted by Crippen LogP contribution is 2.26. The van der Waals surface area contributed by atoms with E-state index in [0.717, 1.165) is 32.4 Å². The molecule has 0 fully saturated rings. The summed E-state index contributed by atoms with van der Waals surface area (Å²) in [6.45, 7) is 4.17. The Labute approximate surface area is 153 Å². The summed E-state index contributed by atoms with van der Waals surface area (Å²) in [5.74, 6) is -0.193. The zero-order chi connectivity index (χ0) is 18.5. The molecule has 1 heterocycles. The third-order valence-corrected chi connectivity index (χ3v) is 4.75. The van der Waals surface area contributed by atoms with Crippen LogP contribution in [0.3, 0.4) is 0 Å². The van der Waals surface area contributed by atoms with Crippen LogP contribution < -0.4 is 10.2 Å². The zero-order valence-corrected chi connectivity index (χ0v) is 14.9. The zero-order valence-electron chi connectivity index (χ0n) is 14.9. The van der Waals surface area contributed by atoms with Crippen molar-refractivity contribution in [2.45, 2.75) is 26.2 Å². The van der Waals surface area contributed by atoms with Gasteiger partial charge in [0.1, 0.15) is 0 Å². The van der Waals surface area contributed by atoms with Crippen LogP contribution in [-0.2, 0) is 6.42 Å². The van der Waals surface area contributed by atoms with Crippen molar-refractivity contribution in [3.8, 4) is 0 Å². The second-order valence-corrected chi connectivity index (χ2v) is 6.59. The van der Waals surface area contributed by atoms with Crippen LogP contribution >= 0.6 is 0 Å². The van der Waals surface area contributed by atoms with Crippen molar-refractivity contribution in [2.24, 2.45) is 0 Å². The van der Waals surface area contributed by atoms with Crippen LogP contribution in [0.2, 0.25) is 0 Å². The van der Waals surface area contributed by atoms with E-state index in [1.165, 1.54) is 23.4 Å². The first-order valence-electron chi connectivity index (χ1n) is 8.92. The van der Waals surface area contributed by atoms with Crippen molar-refractivity contribution >= 4 is 17.3 Å². The quantitative estimate of drug-likeness (QED) is 0.490. The molecule has 0 radical (unpaired) electrons. The highest BCUT2D eigenvalue weighted by molar-refractivity contribution is 5.94. The number of benzene rings is 2. The van der Waals surface area contributed by atoms with Crippen LogP contribution in [0, 0.1) is 17.0 Å². The summed E-state index contributed by atoms with van der Waals surface area (Å²) >= 11 is 0. The summed E-state index contributed by atoms with van der Waals surface area (Å²) < 4.78 is 0. The fraction of sp³-hybridized carbons (Fsp3) is 0.350. The van der Waals surface area contributed by atoms with Gasteiger partial charge in [-0.3, -0.25) is 14.9 Å². The summed E-state index contributed by atoms with van der Waals surface area (Å²) in [4.78, 5) is 25.0.